The first-order valence-electron chi connectivity index (χ1n) is 11.5. The molecule has 5 aliphatic rings. The Hall–Kier alpha value is -2.32. The summed E-state index contributed by atoms with van der Waals surface area (Å²) in [5.74, 6) is -0.920. The fourth-order valence-electron chi connectivity index (χ4n) is 7.24. The zero-order valence-electron chi connectivity index (χ0n) is 18.2. The smallest absolute Gasteiger partial charge is 0.342 e. The van der Waals surface area contributed by atoms with Gasteiger partial charge in [0, 0.05) is 36.2 Å². The Kier molecular flexibility index (Phi) is 4.34. The van der Waals surface area contributed by atoms with Crippen LogP contribution in [0.1, 0.15) is 49.8 Å². The largest absolute Gasteiger partial charge is 0.390 e. The molecule has 2 heterocycles. The summed E-state index contributed by atoms with van der Waals surface area (Å²) < 4.78 is 28.9. The fraction of sp³-hybridized carbons (Fsp3) is 0.583. The summed E-state index contributed by atoms with van der Waals surface area (Å²) in [5, 5.41) is 18.9. The Morgan fingerprint density at radius 3 is 2.62 bits per heavy atom. The van der Waals surface area contributed by atoms with Crippen LogP contribution in [0.5, 0.6) is 0 Å². The topological polar surface area (TPSA) is 70.4 Å². The first kappa shape index (κ1) is 20.3. The Morgan fingerprint density at radius 2 is 1.94 bits per heavy atom. The normalized spacial score (nSPS) is 33.4. The maximum atomic E-state index is 13.9. The Labute approximate surface area is 185 Å². The van der Waals surface area contributed by atoms with Crippen LogP contribution in [0.3, 0.4) is 0 Å². The van der Waals surface area contributed by atoms with Gasteiger partial charge in [-0.2, -0.15) is 9.78 Å². The summed E-state index contributed by atoms with van der Waals surface area (Å²) in [7, 11) is 1.99. The van der Waals surface area contributed by atoms with Gasteiger partial charge in [0.05, 0.1) is 17.0 Å². The average Bonchev–Trinajstić information content (AvgIpc) is 3.06. The molecule has 7 rings (SSSR count). The molecule has 0 radical (unpaired) electrons. The lowest BCUT2D eigenvalue weighted by Crippen LogP contribution is -2.66. The monoisotopic (exact) mass is 442 g/mol. The van der Waals surface area contributed by atoms with E-state index in [1.165, 1.54) is 10.7 Å². The molecule has 4 saturated carbocycles. The van der Waals surface area contributed by atoms with E-state index in [0.717, 1.165) is 62.0 Å². The summed E-state index contributed by atoms with van der Waals surface area (Å²) in [5.41, 5.74) is 1.63. The van der Waals surface area contributed by atoms with Crippen LogP contribution in [0.15, 0.2) is 18.2 Å². The third-order valence-electron chi connectivity index (χ3n) is 8.04. The minimum atomic E-state index is -0.929. The molecule has 2 aromatic rings. The summed E-state index contributed by atoms with van der Waals surface area (Å²) in [6.45, 7) is 1.38. The predicted molar refractivity (Wildman–Crippen MR) is 114 cm³/mol. The van der Waals surface area contributed by atoms with E-state index in [9.17, 15) is 18.7 Å². The maximum Gasteiger partial charge on any atom is 0.342 e. The van der Waals surface area contributed by atoms with Gasteiger partial charge in [-0.05, 0) is 75.6 Å². The standard InChI is InChI=1S/C24H28F2N4O2/c1-29-5-4-20-17(12-29)21(16-2-3-18(25)19(26)7-16)28-30(20)22(31)27-23-8-14-6-15(9-23)11-24(32,10-14)13-23/h2-3,7,14-15,32H,4-6,8-13H2,1H3,(H,27,31)/t14-,15+,23+,24-. The van der Waals surface area contributed by atoms with E-state index < -0.39 is 17.2 Å². The van der Waals surface area contributed by atoms with Crippen molar-refractivity contribution < 1.29 is 18.7 Å². The quantitative estimate of drug-likeness (QED) is 0.748. The summed E-state index contributed by atoms with van der Waals surface area (Å²) in [6.07, 6.45) is 5.87. The molecule has 0 saturated heterocycles. The van der Waals surface area contributed by atoms with Crippen LogP contribution in [0, 0.1) is 23.5 Å². The average molecular weight is 443 g/mol. The SMILES string of the molecule is CN1CCc2c(c(-c3ccc(F)c(F)c3)nn2C(=O)N[C@@]23C[C@@H]4C[C@@H](C[C@@](O)(C4)C2)C3)C1. The summed E-state index contributed by atoms with van der Waals surface area (Å²) >= 11 is 0. The van der Waals surface area contributed by atoms with E-state index in [1.54, 1.807) is 0 Å². The molecule has 4 aliphatic carbocycles. The van der Waals surface area contributed by atoms with E-state index in [-0.39, 0.29) is 11.6 Å². The molecular weight excluding hydrogens is 414 g/mol. The summed E-state index contributed by atoms with van der Waals surface area (Å²) in [4.78, 5) is 15.6. The second-order valence-electron chi connectivity index (χ2n) is 10.7. The molecule has 1 amide bonds. The van der Waals surface area contributed by atoms with E-state index in [2.05, 4.69) is 15.3 Å². The highest BCUT2D eigenvalue weighted by Gasteiger charge is 2.57. The minimum Gasteiger partial charge on any atom is -0.390 e. The number of nitrogens with zero attached hydrogens (tertiary/aromatic N) is 3. The molecular formula is C24H28F2N4O2. The summed E-state index contributed by atoms with van der Waals surface area (Å²) in [6, 6.07) is 3.46. The molecule has 0 spiro atoms. The molecule has 170 valence electrons. The van der Waals surface area contributed by atoms with Crippen LogP contribution in [0.2, 0.25) is 0 Å². The Balaban J connectivity index is 1.36. The Bertz CT molecular complexity index is 1100. The van der Waals surface area contributed by atoms with Gasteiger partial charge in [0.15, 0.2) is 11.6 Å². The van der Waals surface area contributed by atoms with Crippen molar-refractivity contribution in [2.75, 3.05) is 13.6 Å². The van der Waals surface area contributed by atoms with Crippen LogP contribution in [-0.2, 0) is 13.0 Å². The van der Waals surface area contributed by atoms with Crippen molar-refractivity contribution >= 4 is 6.03 Å². The lowest BCUT2D eigenvalue weighted by Gasteiger charge is -2.60. The number of nitrogens with one attached hydrogen (secondary N) is 1. The first-order chi connectivity index (χ1) is 15.2. The van der Waals surface area contributed by atoms with Crippen LogP contribution in [0.25, 0.3) is 11.3 Å². The number of likely N-dealkylation sites (N-methyl/N-ethyl adjacent to an activating group) is 1. The van der Waals surface area contributed by atoms with Crippen LogP contribution in [-0.4, -0.2) is 50.6 Å². The Morgan fingerprint density at radius 1 is 1.19 bits per heavy atom. The number of carbonyl (C=O) groups excluding carboxylic acids is 1. The first-order valence-corrected chi connectivity index (χ1v) is 11.5. The third kappa shape index (κ3) is 3.18. The van der Waals surface area contributed by atoms with Gasteiger partial charge >= 0.3 is 6.03 Å². The highest BCUT2D eigenvalue weighted by molar-refractivity contribution is 5.80. The zero-order chi connectivity index (χ0) is 22.3. The zero-order valence-corrected chi connectivity index (χ0v) is 18.2. The second-order valence-corrected chi connectivity index (χ2v) is 10.7. The van der Waals surface area contributed by atoms with E-state index >= 15 is 0 Å². The molecule has 6 nitrogen and oxygen atoms in total. The number of hydrogen-bond donors (Lipinski definition) is 2. The molecule has 4 atom stereocenters. The maximum absolute atomic E-state index is 13.9. The number of rotatable bonds is 2. The van der Waals surface area contributed by atoms with Crippen molar-refractivity contribution in [2.24, 2.45) is 11.8 Å². The number of carbonyl (C=O) groups is 1. The van der Waals surface area contributed by atoms with Crippen LogP contribution >= 0.6 is 0 Å². The van der Waals surface area contributed by atoms with Gasteiger partial charge in [-0.25, -0.2) is 13.6 Å². The fourth-order valence-corrected chi connectivity index (χ4v) is 7.24. The number of benzene rings is 1. The molecule has 32 heavy (non-hydrogen) atoms. The van der Waals surface area contributed by atoms with E-state index in [1.807, 2.05) is 7.05 Å². The molecule has 1 aromatic heterocycles. The van der Waals surface area contributed by atoms with Gasteiger partial charge in [-0.15, -0.1) is 0 Å². The van der Waals surface area contributed by atoms with Crippen LogP contribution < -0.4 is 5.32 Å². The van der Waals surface area contributed by atoms with Gasteiger partial charge in [0.2, 0.25) is 0 Å². The number of aliphatic hydroxyl groups is 1. The van der Waals surface area contributed by atoms with Gasteiger partial charge in [0.1, 0.15) is 0 Å². The van der Waals surface area contributed by atoms with Crippen molar-refractivity contribution in [1.82, 2.24) is 20.0 Å². The highest BCUT2D eigenvalue weighted by atomic mass is 19.2. The molecule has 4 fully saturated rings. The van der Waals surface area contributed by atoms with Crippen molar-refractivity contribution in [3.8, 4) is 11.3 Å². The van der Waals surface area contributed by atoms with Crippen LogP contribution in [0.4, 0.5) is 13.6 Å². The second kappa shape index (κ2) is 6.84. The molecule has 4 bridgehead atoms. The minimum absolute atomic E-state index is 0.287. The molecule has 0 unspecified atom stereocenters. The number of aromatic nitrogens is 2. The van der Waals surface area contributed by atoms with E-state index in [0.29, 0.717) is 42.5 Å². The van der Waals surface area contributed by atoms with Gasteiger partial charge in [0.25, 0.3) is 0 Å². The lowest BCUT2D eigenvalue weighted by atomic mass is 9.51. The molecule has 1 aromatic carbocycles. The van der Waals surface area contributed by atoms with Gasteiger partial charge in [-0.1, -0.05) is 0 Å². The molecule has 2 N–H and O–H groups in total. The van der Waals surface area contributed by atoms with Crippen molar-refractivity contribution in [2.45, 2.75) is 62.6 Å². The number of halogens is 2. The molecule has 8 heteroatoms. The number of amides is 1. The molecule has 1 aliphatic heterocycles. The van der Waals surface area contributed by atoms with Crippen molar-refractivity contribution in [1.29, 1.82) is 0 Å². The highest BCUT2D eigenvalue weighted by Crippen LogP contribution is 2.57. The van der Waals surface area contributed by atoms with Gasteiger partial charge in [-0.3, -0.25) is 0 Å². The predicted octanol–water partition coefficient (Wildman–Crippen LogP) is 3.46. The number of hydrogen-bond acceptors (Lipinski definition) is 4. The third-order valence-corrected chi connectivity index (χ3v) is 8.04. The lowest BCUT2D eigenvalue weighted by molar-refractivity contribution is -0.139. The van der Waals surface area contributed by atoms with E-state index in [4.69, 9.17) is 0 Å². The van der Waals surface area contributed by atoms with Gasteiger partial charge < -0.3 is 15.3 Å². The van der Waals surface area contributed by atoms with Crippen molar-refractivity contribution in [3.05, 3.63) is 41.1 Å². The van der Waals surface area contributed by atoms with Crippen molar-refractivity contribution in [3.63, 3.8) is 0 Å². The number of fused-ring (bicyclic) bond motifs is 1.